The molecule has 0 unspecified atom stereocenters. The van der Waals surface area contributed by atoms with Crippen LogP contribution in [0.3, 0.4) is 0 Å². The van der Waals surface area contributed by atoms with Gasteiger partial charge in [0.2, 0.25) is 0 Å². The lowest BCUT2D eigenvalue weighted by Crippen LogP contribution is -1.99. The highest BCUT2D eigenvalue weighted by molar-refractivity contribution is 5.97. The summed E-state index contributed by atoms with van der Waals surface area (Å²) >= 11 is 0. The molecule has 4 nitrogen and oxygen atoms in total. The molecule has 0 atom stereocenters. The summed E-state index contributed by atoms with van der Waals surface area (Å²) < 4.78 is 1.64. The number of hydrogen-bond donors (Lipinski definition) is 1. The molecule has 0 saturated heterocycles. The summed E-state index contributed by atoms with van der Waals surface area (Å²) in [7, 11) is 0. The van der Waals surface area contributed by atoms with Crippen molar-refractivity contribution >= 4 is 11.5 Å². The van der Waals surface area contributed by atoms with E-state index in [1.165, 1.54) is 0 Å². The molecule has 2 heterocycles. The van der Waals surface area contributed by atoms with Crippen molar-refractivity contribution in [1.29, 1.82) is 0 Å². The van der Waals surface area contributed by atoms with Gasteiger partial charge in [0.05, 0.1) is 11.2 Å². The smallest absolute Gasteiger partial charge is 0.339 e. The van der Waals surface area contributed by atoms with Gasteiger partial charge in [-0.2, -0.15) is 5.10 Å². The molecule has 0 aliphatic heterocycles. The first kappa shape index (κ1) is 9.71. The Morgan fingerprint density at radius 1 is 1.53 bits per heavy atom. The molecule has 2 rings (SSSR count). The van der Waals surface area contributed by atoms with E-state index < -0.39 is 5.97 Å². The topological polar surface area (TPSA) is 54.6 Å². The van der Waals surface area contributed by atoms with Crippen molar-refractivity contribution in [2.24, 2.45) is 0 Å². The Balaban J connectivity index is 2.80. The Morgan fingerprint density at radius 2 is 2.27 bits per heavy atom. The lowest BCUT2D eigenvalue weighted by Gasteiger charge is -1.95. The van der Waals surface area contributed by atoms with Crippen molar-refractivity contribution < 1.29 is 9.90 Å². The predicted octanol–water partition coefficient (Wildman–Crippen LogP) is 1.90. The Hall–Kier alpha value is -1.84. The van der Waals surface area contributed by atoms with Crippen LogP contribution < -0.4 is 0 Å². The van der Waals surface area contributed by atoms with Gasteiger partial charge in [-0.25, -0.2) is 9.31 Å². The second-order valence-corrected chi connectivity index (χ2v) is 3.52. The van der Waals surface area contributed by atoms with Gasteiger partial charge in [-0.1, -0.05) is 13.0 Å². The molecule has 0 bridgehead atoms. The second-order valence-electron chi connectivity index (χ2n) is 3.52. The lowest BCUT2D eigenvalue weighted by atomic mass is 10.1. The SMILES string of the molecule is CCc1nn2cc(C)ccc2c1C(=O)O. The van der Waals surface area contributed by atoms with Crippen molar-refractivity contribution in [3.8, 4) is 0 Å². The molecule has 0 spiro atoms. The summed E-state index contributed by atoms with van der Waals surface area (Å²) in [5, 5.41) is 13.3. The largest absolute Gasteiger partial charge is 0.478 e. The summed E-state index contributed by atoms with van der Waals surface area (Å²) in [6, 6.07) is 3.69. The molecule has 0 fully saturated rings. The molecule has 78 valence electrons. The first-order valence-electron chi connectivity index (χ1n) is 4.84. The summed E-state index contributed by atoms with van der Waals surface area (Å²) in [6.07, 6.45) is 2.46. The van der Waals surface area contributed by atoms with Gasteiger partial charge in [-0.05, 0) is 25.0 Å². The monoisotopic (exact) mass is 204 g/mol. The molecule has 4 heteroatoms. The number of carboxylic acid groups (broad SMARTS) is 1. The normalized spacial score (nSPS) is 10.8. The minimum absolute atomic E-state index is 0.317. The van der Waals surface area contributed by atoms with Crippen LogP contribution in [-0.4, -0.2) is 20.7 Å². The number of aromatic carboxylic acids is 1. The first-order chi connectivity index (χ1) is 7.13. The van der Waals surface area contributed by atoms with Crippen LogP contribution in [0.4, 0.5) is 0 Å². The van der Waals surface area contributed by atoms with E-state index in [-0.39, 0.29) is 0 Å². The number of fused-ring (bicyclic) bond motifs is 1. The van der Waals surface area contributed by atoms with Gasteiger partial charge >= 0.3 is 5.97 Å². The van der Waals surface area contributed by atoms with Crippen molar-refractivity contribution in [1.82, 2.24) is 9.61 Å². The Kier molecular flexibility index (Phi) is 2.19. The van der Waals surface area contributed by atoms with Crippen LogP contribution >= 0.6 is 0 Å². The van der Waals surface area contributed by atoms with E-state index >= 15 is 0 Å². The number of pyridine rings is 1. The van der Waals surface area contributed by atoms with Crippen LogP contribution in [0.5, 0.6) is 0 Å². The van der Waals surface area contributed by atoms with Crippen molar-refractivity contribution in [2.45, 2.75) is 20.3 Å². The molecule has 0 saturated carbocycles. The van der Waals surface area contributed by atoms with Crippen LogP contribution in [0.1, 0.15) is 28.5 Å². The van der Waals surface area contributed by atoms with Gasteiger partial charge in [0.25, 0.3) is 0 Å². The van der Waals surface area contributed by atoms with E-state index in [2.05, 4.69) is 5.10 Å². The highest BCUT2D eigenvalue weighted by Crippen LogP contribution is 2.17. The van der Waals surface area contributed by atoms with Crippen molar-refractivity contribution in [3.63, 3.8) is 0 Å². The molecule has 15 heavy (non-hydrogen) atoms. The number of carbonyl (C=O) groups is 1. The number of hydrogen-bond acceptors (Lipinski definition) is 2. The maximum atomic E-state index is 11.1. The number of aryl methyl sites for hydroxylation is 2. The standard InChI is InChI=1S/C11H12N2O2/c1-3-8-10(11(14)15)9-5-4-7(2)6-13(9)12-8/h4-6H,3H2,1-2H3,(H,14,15). The van der Waals surface area contributed by atoms with Crippen molar-refractivity contribution in [2.75, 3.05) is 0 Å². The van der Waals surface area contributed by atoms with Crippen LogP contribution in [-0.2, 0) is 6.42 Å². The molecular weight excluding hydrogens is 192 g/mol. The van der Waals surface area contributed by atoms with E-state index in [1.54, 1.807) is 10.6 Å². The maximum absolute atomic E-state index is 11.1. The zero-order valence-electron chi connectivity index (χ0n) is 8.69. The van der Waals surface area contributed by atoms with Gasteiger partial charge < -0.3 is 5.11 Å². The highest BCUT2D eigenvalue weighted by atomic mass is 16.4. The Morgan fingerprint density at radius 3 is 2.87 bits per heavy atom. The maximum Gasteiger partial charge on any atom is 0.339 e. The molecule has 0 aromatic carbocycles. The Bertz CT molecular complexity index is 529. The number of carboxylic acids is 1. The molecule has 2 aromatic heterocycles. The van der Waals surface area contributed by atoms with Gasteiger partial charge in [0, 0.05) is 6.20 Å². The summed E-state index contributed by atoms with van der Waals surface area (Å²) in [5.74, 6) is -0.911. The number of rotatable bonds is 2. The third kappa shape index (κ3) is 1.48. The molecular formula is C11H12N2O2. The van der Waals surface area contributed by atoms with Gasteiger partial charge in [0.1, 0.15) is 5.56 Å². The van der Waals surface area contributed by atoms with Crippen LogP contribution in [0.2, 0.25) is 0 Å². The van der Waals surface area contributed by atoms with E-state index in [1.807, 2.05) is 26.1 Å². The second kappa shape index (κ2) is 3.38. The molecule has 0 aliphatic carbocycles. The minimum Gasteiger partial charge on any atom is -0.478 e. The molecule has 1 N–H and O–H groups in total. The van der Waals surface area contributed by atoms with Crippen LogP contribution in [0.25, 0.3) is 5.52 Å². The summed E-state index contributed by atoms with van der Waals surface area (Å²) in [6.45, 7) is 3.86. The van der Waals surface area contributed by atoms with E-state index in [0.29, 0.717) is 23.2 Å². The summed E-state index contributed by atoms with van der Waals surface area (Å²) in [4.78, 5) is 11.1. The zero-order chi connectivity index (χ0) is 11.0. The lowest BCUT2D eigenvalue weighted by molar-refractivity contribution is 0.0698. The number of aromatic nitrogens is 2. The van der Waals surface area contributed by atoms with Crippen LogP contribution in [0, 0.1) is 6.92 Å². The van der Waals surface area contributed by atoms with Gasteiger partial charge in [-0.15, -0.1) is 0 Å². The molecule has 0 radical (unpaired) electrons. The highest BCUT2D eigenvalue weighted by Gasteiger charge is 2.17. The molecule has 2 aromatic rings. The van der Waals surface area contributed by atoms with E-state index in [0.717, 1.165) is 5.56 Å². The minimum atomic E-state index is -0.911. The fourth-order valence-electron chi connectivity index (χ4n) is 1.68. The van der Waals surface area contributed by atoms with Crippen LogP contribution in [0.15, 0.2) is 18.3 Å². The fraction of sp³-hybridized carbons (Fsp3) is 0.273. The molecule has 0 aliphatic rings. The first-order valence-corrected chi connectivity index (χ1v) is 4.84. The third-order valence-corrected chi connectivity index (χ3v) is 2.40. The van der Waals surface area contributed by atoms with E-state index in [9.17, 15) is 4.79 Å². The van der Waals surface area contributed by atoms with Gasteiger partial charge in [0.15, 0.2) is 0 Å². The Labute approximate surface area is 87.2 Å². The third-order valence-electron chi connectivity index (χ3n) is 2.40. The average molecular weight is 204 g/mol. The number of nitrogens with zero attached hydrogens (tertiary/aromatic N) is 2. The zero-order valence-corrected chi connectivity index (χ0v) is 8.69. The molecule has 0 amide bonds. The average Bonchev–Trinajstić information content (AvgIpc) is 2.54. The quantitative estimate of drug-likeness (QED) is 0.812. The summed E-state index contributed by atoms with van der Waals surface area (Å²) in [5.41, 5.74) is 2.67. The fourth-order valence-corrected chi connectivity index (χ4v) is 1.68. The van der Waals surface area contributed by atoms with Crippen molar-refractivity contribution in [3.05, 3.63) is 35.2 Å². The van der Waals surface area contributed by atoms with Gasteiger partial charge in [-0.3, -0.25) is 0 Å². The van der Waals surface area contributed by atoms with E-state index in [4.69, 9.17) is 5.11 Å². The predicted molar refractivity (Wildman–Crippen MR) is 56.3 cm³/mol.